The number of aromatic nitrogens is 4. The van der Waals surface area contributed by atoms with E-state index in [0.717, 1.165) is 11.1 Å². The molecule has 72 valence electrons. The zero-order valence-corrected chi connectivity index (χ0v) is 7.66. The molecule has 0 unspecified atom stereocenters. The van der Waals surface area contributed by atoms with Crippen LogP contribution in [0.3, 0.4) is 0 Å². The highest BCUT2D eigenvalue weighted by Gasteiger charge is 2.04. The van der Waals surface area contributed by atoms with E-state index in [9.17, 15) is 4.39 Å². The van der Waals surface area contributed by atoms with Gasteiger partial charge in [-0.05, 0) is 30.2 Å². The molecule has 0 radical (unpaired) electrons. The van der Waals surface area contributed by atoms with Crippen molar-refractivity contribution in [1.82, 2.24) is 20.6 Å². The second-order valence-corrected chi connectivity index (χ2v) is 3.08. The third-order valence-corrected chi connectivity index (χ3v) is 2.04. The second-order valence-electron chi connectivity index (χ2n) is 3.08. The van der Waals surface area contributed by atoms with Crippen molar-refractivity contribution in [1.29, 1.82) is 0 Å². The number of rotatable bonds is 2. The van der Waals surface area contributed by atoms with E-state index < -0.39 is 0 Å². The van der Waals surface area contributed by atoms with Crippen LogP contribution in [0.1, 0.15) is 17.0 Å². The van der Waals surface area contributed by atoms with Gasteiger partial charge in [-0.1, -0.05) is 11.3 Å². The number of tetrazole rings is 1. The molecule has 4 nitrogen and oxygen atoms in total. The maximum Gasteiger partial charge on any atom is 0.178 e. The minimum atomic E-state index is -0.223. The minimum Gasteiger partial charge on any atom is -0.207 e. The number of hydrogen-bond donors (Lipinski definition) is 1. The van der Waals surface area contributed by atoms with Gasteiger partial charge in [-0.25, -0.2) is 4.39 Å². The smallest absolute Gasteiger partial charge is 0.178 e. The van der Waals surface area contributed by atoms with E-state index in [1.807, 2.05) is 6.92 Å². The van der Waals surface area contributed by atoms with Crippen LogP contribution >= 0.6 is 0 Å². The number of halogens is 1. The first-order valence-corrected chi connectivity index (χ1v) is 4.23. The van der Waals surface area contributed by atoms with Gasteiger partial charge in [0, 0.05) is 6.42 Å². The Hall–Kier alpha value is -1.78. The van der Waals surface area contributed by atoms with E-state index in [0.29, 0.717) is 12.2 Å². The molecule has 0 saturated heterocycles. The molecule has 0 fully saturated rings. The molecule has 0 atom stereocenters. The average molecular weight is 192 g/mol. The molecule has 0 amide bonds. The molecule has 1 aromatic carbocycles. The van der Waals surface area contributed by atoms with Gasteiger partial charge in [0.15, 0.2) is 5.82 Å². The minimum absolute atomic E-state index is 0.223. The predicted molar refractivity (Wildman–Crippen MR) is 48.1 cm³/mol. The zero-order chi connectivity index (χ0) is 9.97. The third-order valence-electron chi connectivity index (χ3n) is 2.04. The summed E-state index contributed by atoms with van der Waals surface area (Å²) < 4.78 is 12.8. The highest BCUT2D eigenvalue weighted by atomic mass is 19.1. The summed E-state index contributed by atoms with van der Waals surface area (Å²) in [6.45, 7) is 1.86. The molecule has 2 rings (SSSR count). The molecule has 0 aliphatic rings. The standard InChI is InChI=1S/C9H9FN4/c1-6-4-8(10)3-2-7(6)5-9-11-13-14-12-9/h2-4H,5H2,1H3,(H,11,12,13,14). The molecule has 0 aliphatic heterocycles. The Morgan fingerprint density at radius 3 is 2.93 bits per heavy atom. The lowest BCUT2D eigenvalue weighted by atomic mass is 10.1. The van der Waals surface area contributed by atoms with E-state index in [2.05, 4.69) is 20.6 Å². The van der Waals surface area contributed by atoms with E-state index in [4.69, 9.17) is 0 Å². The van der Waals surface area contributed by atoms with Gasteiger partial charge in [-0.2, -0.15) is 5.21 Å². The van der Waals surface area contributed by atoms with Crippen molar-refractivity contribution in [3.05, 3.63) is 41.0 Å². The molecule has 1 N–H and O–H groups in total. The number of nitrogens with one attached hydrogen (secondary N) is 1. The SMILES string of the molecule is Cc1cc(F)ccc1Cc1nn[nH]n1. The lowest BCUT2D eigenvalue weighted by Gasteiger charge is -2.01. The Morgan fingerprint density at radius 2 is 2.29 bits per heavy atom. The van der Waals surface area contributed by atoms with Crippen LogP contribution in [-0.2, 0) is 6.42 Å². The highest BCUT2D eigenvalue weighted by molar-refractivity contribution is 5.28. The van der Waals surface area contributed by atoms with E-state index >= 15 is 0 Å². The summed E-state index contributed by atoms with van der Waals surface area (Å²) in [5, 5.41) is 13.5. The largest absolute Gasteiger partial charge is 0.207 e. The first-order chi connectivity index (χ1) is 6.75. The second kappa shape index (κ2) is 3.53. The summed E-state index contributed by atoms with van der Waals surface area (Å²) in [4.78, 5) is 0. The molecule has 0 saturated carbocycles. The summed E-state index contributed by atoms with van der Waals surface area (Å²) >= 11 is 0. The van der Waals surface area contributed by atoms with Crippen molar-refractivity contribution in [3.63, 3.8) is 0 Å². The van der Waals surface area contributed by atoms with Gasteiger partial charge in [-0.15, -0.1) is 10.2 Å². The van der Waals surface area contributed by atoms with Gasteiger partial charge in [0.2, 0.25) is 0 Å². The quantitative estimate of drug-likeness (QED) is 0.778. The van der Waals surface area contributed by atoms with Crippen molar-refractivity contribution in [2.75, 3.05) is 0 Å². The number of benzene rings is 1. The number of nitrogens with zero attached hydrogens (tertiary/aromatic N) is 3. The molecule has 5 heteroatoms. The molecule has 14 heavy (non-hydrogen) atoms. The summed E-state index contributed by atoms with van der Waals surface area (Å²) in [6.07, 6.45) is 0.572. The normalized spacial score (nSPS) is 10.4. The maximum atomic E-state index is 12.8. The Kier molecular flexibility index (Phi) is 2.22. The van der Waals surface area contributed by atoms with Gasteiger partial charge in [0.05, 0.1) is 0 Å². The Balaban J connectivity index is 2.25. The lowest BCUT2D eigenvalue weighted by Crippen LogP contribution is -1.94. The average Bonchev–Trinajstić information content (AvgIpc) is 2.62. The summed E-state index contributed by atoms with van der Waals surface area (Å²) in [7, 11) is 0. The van der Waals surface area contributed by atoms with Crippen molar-refractivity contribution in [3.8, 4) is 0 Å². The fourth-order valence-corrected chi connectivity index (χ4v) is 1.29. The molecule has 0 aliphatic carbocycles. The van der Waals surface area contributed by atoms with E-state index in [1.54, 1.807) is 6.07 Å². The van der Waals surface area contributed by atoms with Crippen molar-refractivity contribution < 1.29 is 4.39 Å². The fraction of sp³-hybridized carbons (Fsp3) is 0.222. The first kappa shape index (κ1) is 8.80. The highest BCUT2D eigenvalue weighted by Crippen LogP contribution is 2.12. The maximum absolute atomic E-state index is 12.8. The molecule has 0 spiro atoms. The van der Waals surface area contributed by atoms with Crippen LogP contribution in [0.15, 0.2) is 18.2 Å². The zero-order valence-electron chi connectivity index (χ0n) is 7.66. The van der Waals surface area contributed by atoms with Crippen molar-refractivity contribution >= 4 is 0 Å². The predicted octanol–water partition coefficient (Wildman–Crippen LogP) is 1.24. The Bertz CT molecular complexity index is 424. The number of H-pyrrole nitrogens is 1. The van der Waals surface area contributed by atoms with E-state index in [1.165, 1.54) is 12.1 Å². The molecule has 1 heterocycles. The lowest BCUT2D eigenvalue weighted by molar-refractivity contribution is 0.625. The molecule has 2 aromatic rings. The molecular formula is C9H9FN4. The van der Waals surface area contributed by atoms with Crippen molar-refractivity contribution in [2.24, 2.45) is 0 Å². The van der Waals surface area contributed by atoms with Crippen LogP contribution in [0.4, 0.5) is 4.39 Å². The van der Waals surface area contributed by atoms with Gasteiger partial charge in [0.25, 0.3) is 0 Å². The summed E-state index contributed by atoms with van der Waals surface area (Å²) in [5.74, 6) is 0.388. The number of aryl methyl sites for hydroxylation is 1. The Labute approximate surface area is 80.2 Å². The monoisotopic (exact) mass is 192 g/mol. The van der Waals surface area contributed by atoms with Crippen LogP contribution in [0.5, 0.6) is 0 Å². The molecule has 0 bridgehead atoms. The molecule has 1 aromatic heterocycles. The van der Waals surface area contributed by atoms with Crippen molar-refractivity contribution in [2.45, 2.75) is 13.3 Å². The van der Waals surface area contributed by atoms with Gasteiger partial charge < -0.3 is 0 Å². The van der Waals surface area contributed by atoms with Crippen LogP contribution in [0.25, 0.3) is 0 Å². The molecular weight excluding hydrogens is 183 g/mol. The van der Waals surface area contributed by atoms with Crippen LogP contribution in [0.2, 0.25) is 0 Å². The summed E-state index contributed by atoms with van der Waals surface area (Å²) in [6, 6.07) is 4.67. The summed E-state index contributed by atoms with van der Waals surface area (Å²) in [5.41, 5.74) is 1.91. The van der Waals surface area contributed by atoms with Gasteiger partial charge in [0.1, 0.15) is 5.82 Å². The van der Waals surface area contributed by atoms with Gasteiger partial charge in [-0.3, -0.25) is 0 Å². The van der Waals surface area contributed by atoms with Crippen LogP contribution in [-0.4, -0.2) is 20.6 Å². The van der Waals surface area contributed by atoms with Crippen LogP contribution in [0, 0.1) is 12.7 Å². The van der Waals surface area contributed by atoms with E-state index in [-0.39, 0.29) is 5.82 Å². The number of hydrogen-bond acceptors (Lipinski definition) is 3. The topological polar surface area (TPSA) is 54.5 Å². The van der Waals surface area contributed by atoms with Gasteiger partial charge >= 0.3 is 0 Å². The Morgan fingerprint density at radius 1 is 1.43 bits per heavy atom. The first-order valence-electron chi connectivity index (χ1n) is 4.23. The third kappa shape index (κ3) is 1.76. The number of aromatic amines is 1. The fourth-order valence-electron chi connectivity index (χ4n) is 1.29. The van der Waals surface area contributed by atoms with Crippen LogP contribution < -0.4 is 0 Å².